The van der Waals surface area contributed by atoms with Crippen molar-refractivity contribution in [2.75, 3.05) is 11.0 Å². The first-order valence-electron chi connectivity index (χ1n) is 6.34. The summed E-state index contributed by atoms with van der Waals surface area (Å²) in [5, 5.41) is 12.7. The van der Waals surface area contributed by atoms with Gasteiger partial charge in [-0.3, -0.25) is 4.72 Å². The molecule has 3 N–H and O–H groups in total. The number of sulfonamides is 1. The van der Waals surface area contributed by atoms with Crippen molar-refractivity contribution in [1.82, 2.24) is 19.7 Å². The summed E-state index contributed by atoms with van der Waals surface area (Å²) in [7, 11) is -3.48. The van der Waals surface area contributed by atoms with Crippen LogP contribution in [0.3, 0.4) is 0 Å². The Morgan fingerprint density at radius 2 is 2.21 bits per heavy atom. The minimum Gasteiger partial charge on any atom is -0.449 e. The van der Waals surface area contributed by atoms with Crippen molar-refractivity contribution in [1.29, 1.82) is 0 Å². The highest BCUT2D eigenvalue weighted by Gasteiger charge is 2.13. The van der Waals surface area contributed by atoms with Crippen LogP contribution in [0.5, 0.6) is 5.75 Å². The number of carboxylic acid groups (broad SMARTS) is 1. The Hall–Kier alpha value is -2.79. The largest absolute Gasteiger partial charge is 0.511 e. The molecule has 12 heteroatoms. The van der Waals surface area contributed by atoms with Gasteiger partial charge in [0.05, 0.1) is 40.4 Å². The number of carbonyl (C=O) groups is 1. The fourth-order valence-electron chi connectivity index (χ4n) is 1.98. The minimum absolute atomic E-state index is 0.0282. The number of anilines is 1. The predicted octanol–water partition coefficient (Wildman–Crippen LogP) is 1.83. The van der Waals surface area contributed by atoms with E-state index in [2.05, 4.69) is 24.5 Å². The average molecular weight is 372 g/mol. The molecule has 10 nitrogen and oxygen atoms in total. The number of nitrogens with one attached hydrogen (secondary N) is 2. The maximum Gasteiger partial charge on any atom is 0.511 e. The number of hydrogen-bond acceptors (Lipinski definition) is 6. The van der Waals surface area contributed by atoms with Gasteiger partial charge in [0.1, 0.15) is 0 Å². The highest BCUT2D eigenvalue weighted by molar-refractivity contribution is 7.92. The number of benzene rings is 1. The van der Waals surface area contributed by atoms with Gasteiger partial charge in [0.15, 0.2) is 5.75 Å². The molecule has 1 aromatic carbocycles. The normalized spacial score (nSPS) is 11.6. The number of H-pyrrole nitrogens is 1. The Labute approximate surface area is 140 Å². The minimum atomic E-state index is -3.48. The molecule has 0 spiro atoms. The molecule has 0 saturated heterocycles. The van der Waals surface area contributed by atoms with E-state index in [0.29, 0.717) is 11.0 Å². The molecule has 0 unspecified atom stereocenters. The van der Waals surface area contributed by atoms with E-state index < -0.39 is 16.2 Å². The monoisotopic (exact) mass is 371 g/mol. The molecule has 0 saturated carbocycles. The van der Waals surface area contributed by atoms with Crippen molar-refractivity contribution in [2.45, 2.75) is 0 Å². The quantitative estimate of drug-likeness (QED) is 0.594. The molecule has 2 aromatic heterocycles. The van der Waals surface area contributed by atoms with Gasteiger partial charge in [-0.2, -0.15) is 5.10 Å². The second kappa shape index (κ2) is 5.69. The fraction of sp³-hybridized carbons (Fsp3) is 0.0833. The third kappa shape index (κ3) is 3.41. The molecule has 0 atom stereocenters. The smallest absolute Gasteiger partial charge is 0.449 e. The highest BCUT2D eigenvalue weighted by atomic mass is 35.5. The molecule has 0 amide bonds. The summed E-state index contributed by atoms with van der Waals surface area (Å²) in [6, 6.07) is 2.98. The van der Waals surface area contributed by atoms with Gasteiger partial charge in [-0.05, 0) is 12.1 Å². The van der Waals surface area contributed by atoms with E-state index in [1.165, 1.54) is 29.2 Å². The van der Waals surface area contributed by atoms with Gasteiger partial charge in [-0.1, -0.05) is 11.6 Å². The zero-order valence-electron chi connectivity index (χ0n) is 12.0. The van der Waals surface area contributed by atoms with Crippen LogP contribution in [0.1, 0.15) is 0 Å². The first-order chi connectivity index (χ1) is 11.2. The van der Waals surface area contributed by atoms with Crippen molar-refractivity contribution >= 4 is 44.5 Å². The number of ether oxygens (including phenoxy) is 1. The second-order valence-electron chi connectivity index (χ2n) is 4.77. The van der Waals surface area contributed by atoms with Crippen LogP contribution in [0.4, 0.5) is 10.5 Å². The van der Waals surface area contributed by atoms with Crippen LogP contribution in [-0.2, 0) is 10.0 Å². The third-order valence-electron chi connectivity index (χ3n) is 2.83. The first kappa shape index (κ1) is 16.1. The van der Waals surface area contributed by atoms with Gasteiger partial charge in [0.2, 0.25) is 16.0 Å². The van der Waals surface area contributed by atoms with Gasteiger partial charge in [0.25, 0.3) is 0 Å². The van der Waals surface area contributed by atoms with Crippen LogP contribution in [0.15, 0.2) is 24.5 Å². The summed E-state index contributed by atoms with van der Waals surface area (Å²) in [5.74, 6) is 0.304. The summed E-state index contributed by atoms with van der Waals surface area (Å²) in [5.41, 5.74) is 1.18. The third-order valence-corrected chi connectivity index (χ3v) is 3.74. The van der Waals surface area contributed by atoms with E-state index in [1.807, 2.05) is 0 Å². The zero-order valence-corrected chi connectivity index (χ0v) is 13.6. The van der Waals surface area contributed by atoms with Crippen molar-refractivity contribution < 1.29 is 23.1 Å². The molecule has 0 fully saturated rings. The number of halogens is 1. The second-order valence-corrected chi connectivity index (χ2v) is 6.93. The Balaban J connectivity index is 1.99. The molecule has 126 valence electrons. The van der Waals surface area contributed by atoms with Crippen LogP contribution in [-0.4, -0.2) is 45.7 Å². The van der Waals surface area contributed by atoms with E-state index in [-0.39, 0.29) is 22.4 Å². The molecule has 2 heterocycles. The van der Waals surface area contributed by atoms with E-state index in [4.69, 9.17) is 16.7 Å². The first-order valence-corrected chi connectivity index (χ1v) is 8.61. The molecule has 0 aliphatic carbocycles. The summed E-state index contributed by atoms with van der Waals surface area (Å²) >= 11 is 6.04. The van der Waals surface area contributed by atoms with Crippen LogP contribution < -0.4 is 9.46 Å². The standard InChI is InChI=1S/C12H10ClN5O5S/c1-24(21,22)17-8-3-10-9(2-7(8)13)15-11(16-10)18-5-6(4-14-18)23-12(19)20/h2-5,17H,1H3,(H,15,16)(H,19,20). The van der Waals surface area contributed by atoms with Crippen molar-refractivity contribution in [3.05, 3.63) is 29.5 Å². The van der Waals surface area contributed by atoms with Crippen LogP contribution >= 0.6 is 11.6 Å². The molecule has 3 aromatic rings. The van der Waals surface area contributed by atoms with Gasteiger partial charge in [-0.15, -0.1) is 0 Å². The van der Waals surface area contributed by atoms with E-state index in [1.54, 1.807) is 0 Å². The predicted molar refractivity (Wildman–Crippen MR) is 85.3 cm³/mol. The van der Waals surface area contributed by atoms with E-state index in [9.17, 15) is 13.2 Å². The Bertz CT molecular complexity index is 1040. The molecule has 24 heavy (non-hydrogen) atoms. The van der Waals surface area contributed by atoms with Crippen molar-refractivity contribution in [3.63, 3.8) is 0 Å². The maximum absolute atomic E-state index is 11.3. The lowest BCUT2D eigenvalue weighted by molar-refractivity contribution is 0.144. The number of imidazole rings is 1. The van der Waals surface area contributed by atoms with Gasteiger partial charge >= 0.3 is 6.16 Å². The summed E-state index contributed by atoms with van der Waals surface area (Å²) in [6.07, 6.45) is 2.09. The van der Waals surface area contributed by atoms with Gasteiger partial charge in [0, 0.05) is 0 Å². The van der Waals surface area contributed by atoms with Crippen LogP contribution in [0, 0.1) is 0 Å². The highest BCUT2D eigenvalue weighted by Crippen LogP contribution is 2.28. The Morgan fingerprint density at radius 3 is 2.88 bits per heavy atom. The molecular formula is C12H10ClN5O5S. The Kier molecular flexibility index (Phi) is 3.81. The number of aromatic amines is 1. The molecule has 0 aliphatic heterocycles. The van der Waals surface area contributed by atoms with E-state index in [0.717, 1.165) is 6.26 Å². The molecule has 3 rings (SSSR count). The molecular weight excluding hydrogens is 362 g/mol. The van der Waals surface area contributed by atoms with Crippen molar-refractivity contribution in [2.24, 2.45) is 0 Å². The number of aromatic nitrogens is 4. The summed E-state index contributed by atoms with van der Waals surface area (Å²) in [6.45, 7) is 0. The summed E-state index contributed by atoms with van der Waals surface area (Å²) < 4.78 is 30.7. The van der Waals surface area contributed by atoms with Crippen molar-refractivity contribution in [3.8, 4) is 11.7 Å². The number of rotatable bonds is 4. The zero-order chi connectivity index (χ0) is 17.5. The van der Waals surface area contributed by atoms with Gasteiger partial charge in [-0.25, -0.2) is 22.9 Å². The maximum atomic E-state index is 11.3. The lowest BCUT2D eigenvalue weighted by Gasteiger charge is -2.05. The topological polar surface area (TPSA) is 139 Å². The SMILES string of the molecule is CS(=O)(=O)Nc1cc2nc(-n3cc(OC(=O)O)cn3)[nH]c2cc1Cl. The van der Waals surface area contributed by atoms with Crippen LogP contribution in [0.25, 0.3) is 17.0 Å². The average Bonchev–Trinajstić information content (AvgIpc) is 3.03. The van der Waals surface area contributed by atoms with Crippen LogP contribution in [0.2, 0.25) is 5.02 Å². The number of nitrogens with zero attached hydrogens (tertiary/aromatic N) is 3. The molecule has 0 radical (unpaired) electrons. The summed E-state index contributed by atoms with van der Waals surface area (Å²) in [4.78, 5) is 17.7. The Morgan fingerprint density at radius 1 is 1.46 bits per heavy atom. The van der Waals surface area contributed by atoms with Gasteiger partial charge < -0.3 is 14.8 Å². The lowest BCUT2D eigenvalue weighted by atomic mass is 10.3. The molecule has 0 bridgehead atoms. The molecule has 0 aliphatic rings. The number of fused-ring (bicyclic) bond motifs is 1. The number of hydrogen-bond donors (Lipinski definition) is 3. The fourth-order valence-corrected chi connectivity index (χ4v) is 2.81. The lowest BCUT2D eigenvalue weighted by Crippen LogP contribution is -2.09. The van der Waals surface area contributed by atoms with E-state index >= 15 is 0 Å².